The van der Waals surface area contributed by atoms with E-state index in [2.05, 4.69) is 43.3 Å². The van der Waals surface area contributed by atoms with Gasteiger partial charge >= 0.3 is 0 Å². The molecule has 2 rings (SSSR count). The molecule has 0 aromatic rings. The SMILES string of the molecule is C=C1C[C@H](O)CC(C)(C)[C@@]12CC[C@@](C)(Br)[C@H](Cl)C2. The van der Waals surface area contributed by atoms with E-state index in [0.29, 0.717) is 0 Å². The van der Waals surface area contributed by atoms with Crippen molar-refractivity contribution in [3.05, 3.63) is 12.2 Å². The van der Waals surface area contributed by atoms with Crippen molar-refractivity contribution in [3.8, 4) is 0 Å². The standard InChI is InChI=1S/C15H24BrClO/c1-10-7-11(18)8-13(2,3)15(10)6-5-14(4,16)12(17)9-15/h11-12,18H,1,5-9H2,2-4H3/t11-,12+,14+,15+/m0/s1. The van der Waals surface area contributed by atoms with E-state index < -0.39 is 0 Å². The summed E-state index contributed by atoms with van der Waals surface area (Å²) < 4.78 is 0.0340. The third kappa shape index (κ3) is 2.19. The molecule has 1 nitrogen and oxygen atoms in total. The minimum Gasteiger partial charge on any atom is -0.393 e. The van der Waals surface area contributed by atoms with Crippen LogP contribution in [0.3, 0.4) is 0 Å². The van der Waals surface area contributed by atoms with Crippen molar-refractivity contribution in [1.29, 1.82) is 0 Å². The maximum atomic E-state index is 9.99. The van der Waals surface area contributed by atoms with Crippen molar-refractivity contribution >= 4 is 27.5 Å². The largest absolute Gasteiger partial charge is 0.393 e. The number of alkyl halides is 2. The lowest BCUT2D eigenvalue weighted by atomic mass is 9.49. The van der Waals surface area contributed by atoms with Crippen molar-refractivity contribution in [3.63, 3.8) is 0 Å². The van der Waals surface area contributed by atoms with Gasteiger partial charge in [-0.15, -0.1) is 11.6 Å². The van der Waals surface area contributed by atoms with Crippen LogP contribution in [0, 0.1) is 10.8 Å². The summed E-state index contributed by atoms with van der Waals surface area (Å²) in [6, 6.07) is 0. The van der Waals surface area contributed by atoms with Crippen LogP contribution in [0.25, 0.3) is 0 Å². The monoisotopic (exact) mass is 334 g/mol. The van der Waals surface area contributed by atoms with Crippen molar-refractivity contribution in [2.75, 3.05) is 0 Å². The normalized spacial score (nSPS) is 48.4. The molecule has 1 N–H and O–H groups in total. The van der Waals surface area contributed by atoms with E-state index in [1.165, 1.54) is 5.57 Å². The molecule has 0 aromatic heterocycles. The Bertz CT molecular complexity index is 364. The van der Waals surface area contributed by atoms with Crippen LogP contribution in [-0.2, 0) is 0 Å². The first kappa shape index (κ1) is 14.9. The Kier molecular flexibility index (Phi) is 3.71. The highest BCUT2D eigenvalue weighted by Crippen LogP contribution is 2.62. The van der Waals surface area contributed by atoms with E-state index in [4.69, 9.17) is 11.6 Å². The molecule has 0 saturated heterocycles. The molecule has 18 heavy (non-hydrogen) atoms. The number of aliphatic hydroxyl groups excluding tert-OH is 1. The third-order valence-electron chi connectivity index (χ3n) is 5.42. The third-order valence-corrected chi connectivity index (χ3v) is 7.27. The van der Waals surface area contributed by atoms with Gasteiger partial charge < -0.3 is 5.11 Å². The molecule has 0 bridgehead atoms. The molecule has 0 heterocycles. The summed E-state index contributed by atoms with van der Waals surface area (Å²) in [5, 5.41) is 10.1. The molecule has 0 amide bonds. The Labute approximate surface area is 124 Å². The summed E-state index contributed by atoms with van der Waals surface area (Å²) in [5.74, 6) is 0. The molecule has 2 aliphatic carbocycles. The van der Waals surface area contributed by atoms with Crippen LogP contribution in [0.4, 0.5) is 0 Å². The maximum absolute atomic E-state index is 9.99. The molecule has 2 saturated carbocycles. The minimum absolute atomic E-state index is 0.0340. The molecule has 1 spiro atoms. The zero-order chi connectivity index (χ0) is 13.8. The number of rotatable bonds is 0. The summed E-state index contributed by atoms with van der Waals surface area (Å²) in [5.41, 5.74) is 1.39. The van der Waals surface area contributed by atoms with Crippen LogP contribution in [-0.4, -0.2) is 20.9 Å². The van der Waals surface area contributed by atoms with Gasteiger partial charge in [0.25, 0.3) is 0 Å². The first-order valence-corrected chi connectivity index (χ1v) is 8.03. The molecular formula is C15H24BrClO. The Morgan fingerprint density at radius 3 is 2.39 bits per heavy atom. The Balaban J connectivity index is 2.33. The smallest absolute Gasteiger partial charge is 0.0582 e. The Hall–Kier alpha value is 0.470. The summed E-state index contributed by atoms with van der Waals surface area (Å²) >= 11 is 10.4. The lowest BCUT2D eigenvalue weighted by Gasteiger charge is -2.58. The van der Waals surface area contributed by atoms with Gasteiger partial charge in [0.2, 0.25) is 0 Å². The number of hydrogen-bond acceptors (Lipinski definition) is 1. The van der Waals surface area contributed by atoms with E-state index >= 15 is 0 Å². The number of aliphatic hydroxyl groups is 1. The van der Waals surface area contributed by atoms with Crippen molar-refractivity contribution in [2.45, 2.75) is 68.7 Å². The molecule has 2 aliphatic rings. The quantitative estimate of drug-likeness (QED) is 0.504. The molecular weight excluding hydrogens is 312 g/mol. The van der Waals surface area contributed by atoms with Gasteiger partial charge in [0.15, 0.2) is 0 Å². The molecule has 0 radical (unpaired) electrons. The van der Waals surface area contributed by atoms with Crippen LogP contribution in [0.15, 0.2) is 12.2 Å². The summed E-state index contributed by atoms with van der Waals surface area (Å²) in [4.78, 5) is 0. The summed E-state index contributed by atoms with van der Waals surface area (Å²) in [6.07, 6.45) is 4.52. The van der Waals surface area contributed by atoms with Gasteiger partial charge in [0.05, 0.1) is 6.10 Å². The average Bonchev–Trinajstić information content (AvgIpc) is 2.19. The highest BCUT2D eigenvalue weighted by molar-refractivity contribution is 9.10. The van der Waals surface area contributed by atoms with Gasteiger partial charge in [-0.3, -0.25) is 0 Å². The molecule has 104 valence electrons. The second-order valence-corrected chi connectivity index (χ2v) is 9.42. The second kappa shape index (κ2) is 4.49. The van der Waals surface area contributed by atoms with E-state index in [0.717, 1.165) is 32.1 Å². The van der Waals surface area contributed by atoms with E-state index in [9.17, 15) is 5.11 Å². The van der Waals surface area contributed by atoms with Crippen LogP contribution < -0.4 is 0 Å². The fourth-order valence-corrected chi connectivity index (χ4v) is 4.72. The van der Waals surface area contributed by atoms with E-state index in [-0.39, 0.29) is 26.6 Å². The Morgan fingerprint density at radius 2 is 1.89 bits per heavy atom. The van der Waals surface area contributed by atoms with Gasteiger partial charge in [-0.25, -0.2) is 0 Å². The molecule has 2 fully saturated rings. The topological polar surface area (TPSA) is 20.2 Å². The predicted octanol–water partition coefficient (Wildman–Crippen LogP) is 4.65. The van der Waals surface area contributed by atoms with Crippen molar-refractivity contribution in [2.24, 2.45) is 10.8 Å². The fraction of sp³-hybridized carbons (Fsp3) is 0.867. The first-order valence-electron chi connectivity index (χ1n) is 6.80. The second-order valence-electron chi connectivity index (χ2n) is 7.08. The van der Waals surface area contributed by atoms with E-state index in [1.807, 2.05) is 0 Å². The highest BCUT2D eigenvalue weighted by atomic mass is 79.9. The van der Waals surface area contributed by atoms with Crippen LogP contribution in [0.2, 0.25) is 0 Å². The van der Waals surface area contributed by atoms with E-state index in [1.54, 1.807) is 0 Å². The van der Waals surface area contributed by atoms with Gasteiger partial charge in [-0.05, 0) is 49.9 Å². The molecule has 0 unspecified atom stereocenters. The predicted molar refractivity (Wildman–Crippen MR) is 81.4 cm³/mol. The maximum Gasteiger partial charge on any atom is 0.0582 e. The summed E-state index contributed by atoms with van der Waals surface area (Å²) in [6.45, 7) is 11.0. The van der Waals surface area contributed by atoms with Crippen molar-refractivity contribution < 1.29 is 5.11 Å². The van der Waals surface area contributed by atoms with Gasteiger partial charge in [0.1, 0.15) is 0 Å². The average molecular weight is 336 g/mol. The number of hydrogen-bond donors (Lipinski definition) is 1. The Morgan fingerprint density at radius 1 is 1.28 bits per heavy atom. The zero-order valence-corrected chi connectivity index (χ0v) is 13.9. The molecule has 0 aliphatic heterocycles. The van der Waals surface area contributed by atoms with Crippen LogP contribution in [0.1, 0.15) is 52.9 Å². The number of halogens is 2. The van der Waals surface area contributed by atoms with Crippen LogP contribution in [0.5, 0.6) is 0 Å². The molecule has 3 heteroatoms. The lowest BCUT2D eigenvalue weighted by molar-refractivity contribution is -0.0272. The van der Waals surface area contributed by atoms with Crippen molar-refractivity contribution in [1.82, 2.24) is 0 Å². The fourth-order valence-electron chi connectivity index (χ4n) is 3.99. The van der Waals surface area contributed by atoms with Gasteiger partial charge in [-0.1, -0.05) is 41.9 Å². The molecule has 0 aromatic carbocycles. The highest BCUT2D eigenvalue weighted by Gasteiger charge is 2.56. The van der Waals surface area contributed by atoms with Crippen LogP contribution >= 0.6 is 27.5 Å². The van der Waals surface area contributed by atoms with Gasteiger partial charge in [0, 0.05) is 9.70 Å². The molecule has 4 atom stereocenters. The minimum atomic E-state index is -0.232. The first-order chi connectivity index (χ1) is 8.11. The summed E-state index contributed by atoms with van der Waals surface area (Å²) in [7, 11) is 0. The zero-order valence-electron chi connectivity index (χ0n) is 11.6. The van der Waals surface area contributed by atoms with Gasteiger partial charge in [-0.2, -0.15) is 0 Å². The lowest BCUT2D eigenvalue weighted by Crippen LogP contribution is -2.53.